The first-order valence-corrected chi connectivity index (χ1v) is 10.3. The number of nitrogens with zero attached hydrogens (tertiary/aromatic N) is 4. The van der Waals surface area contributed by atoms with Gasteiger partial charge in [-0.15, -0.1) is 15.3 Å². The number of carboxylic acids is 1. The fourth-order valence-corrected chi connectivity index (χ4v) is 3.32. The number of H-pyrrole nitrogens is 1. The Hall–Kier alpha value is -3.20. The third kappa shape index (κ3) is 4.04. The van der Waals surface area contributed by atoms with Crippen molar-refractivity contribution >= 4 is 54.2 Å². The van der Waals surface area contributed by atoms with E-state index in [1.54, 1.807) is 0 Å². The lowest BCUT2D eigenvalue weighted by Crippen LogP contribution is -1.99. The number of nitrogens with one attached hydrogen (secondary N) is 1. The molecular formula is C14H11N5O7S2. The maximum Gasteiger partial charge on any atom is 0.373 e. The normalized spacial score (nSPS) is 14.4. The maximum atomic E-state index is 11.9. The van der Waals surface area contributed by atoms with Crippen molar-refractivity contribution in [3.63, 3.8) is 0 Å². The second kappa shape index (κ2) is 6.75. The van der Waals surface area contributed by atoms with Crippen LogP contribution in [-0.2, 0) is 19.9 Å². The quantitative estimate of drug-likeness (QED) is 0.268. The summed E-state index contributed by atoms with van der Waals surface area (Å²) >= 11 is 0. The van der Waals surface area contributed by atoms with Crippen LogP contribution in [0.15, 0.2) is 50.4 Å². The van der Waals surface area contributed by atoms with Gasteiger partial charge in [-0.05, 0) is 35.5 Å². The van der Waals surface area contributed by atoms with Gasteiger partial charge >= 0.3 is 5.97 Å². The third-order valence-electron chi connectivity index (χ3n) is 3.47. The Morgan fingerprint density at radius 1 is 1.07 bits per heavy atom. The molecule has 0 amide bonds. The Balaban J connectivity index is 2.21. The molecule has 1 heterocycles. The van der Waals surface area contributed by atoms with E-state index < -0.39 is 36.6 Å². The van der Waals surface area contributed by atoms with E-state index >= 15 is 0 Å². The van der Waals surface area contributed by atoms with Crippen molar-refractivity contribution in [2.75, 3.05) is 0 Å². The first-order chi connectivity index (χ1) is 12.9. The summed E-state index contributed by atoms with van der Waals surface area (Å²) in [4.78, 5) is 13.8. The van der Waals surface area contributed by atoms with Crippen LogP contribution in [0, 0.1) is 0 Å². The minimum absolute atomic E-state index is 0.0508. The van der Waals surface area contributed by atoms with E-state index in [1.807, 2.05) is 0 Å². The minimum atomic E-state index is -4.51. The molecule has 146 valence electrons. The molecule has 0 bridgehead atoms. The highest BCUT2D eigenvalue weighted by atomic mass is 32.2. The number of aromatic nitrogens is 3. The summed E-state index contributed by atoms with van der Waals surface area (Å²) in [5.41, 5.74) is -0.0508. The van der Waals surface area contributed by atoms with Crippen molar-refractivity contribution in [2.24, 2.45) is 10.2 Å². The number of hydrogen-bond donors (Lipinski definition) is 4. The van der Waals surface area contributed by atoms with Crippen LogP contribution >= 0.6 is 0 Å². The highest BCUT2D eigenvalue weighted by Gasteiger charge is 2.15. The Kier molecular flexibility index (Phi) is 4.72. The Labute approximate surface area is 157 Å². The van der Waals surface area contributed by atoms with Gasteiger partial charge in [0.2, 0.25) is 5.82 Å². The summed E-state index contributed by atoms with van der Waals surface area (Å²) < 4.78 is 53.6. The number of aromatic carboxylic acids is 1. The van der Waals surface area contributed by atoms with Crippen LogP contribution in [0.5, 0.6) is 0 Å². The molecule has 4 N–H and O–H groups in total. The highest BCUT2D eigenvalue weighted by Crippen LogP contribution is 2.32. The molecule has 0 aliphatic rings. The van der Waals surface area contributed by atoms with E-state index in [2.05, 4.69) is 31.3 Å². The van der Waals surface area contributed by atoms with E-state index in [1.165, 1.54) is 12.1 Å². The van der Waals surface area contributed by atoms with Gasteiger partial charge in [0.1, 0.15) is 9.80 Å². The molecular weight excluding hydrogens is 414 g/mol. The van der Waals surface area contributed by atoms with E-state index in [-0.39, 0.29) is 21.9 Å². The summed E-state index contributed by atoms with van der Waals surface area (Å²) in [6.07, 6.45) is 0. The fourth-order valence-electron chi connectivity index (χ4n) is 2.21. The first kappa shape index (κ1) is 19.6. The lowest BCUT2D eigenvalue weighted by atomic mass is 10.1. The molecule has 28 heavy (non-hydrogen) atoms. The van der Waals surface area contributed by atoms with E-state index in [0.717, 1.165) is 18.2 Å². The molecule has 3 aromatic rings. The van der Waals surface area contributed by atoms with Gasteiger partial charge in [0.15, 0.2) is 0 Å². The second-order valence-electron chi connectivity index (χ2n) is 5.43. The van der Waals surface area contributed by atoms with E-state index in [0.29, 0.717) is 5.39 Å². The van der Waals surface area contributed by atoms with Crippen molar-refractivity contribution in [1.82, 2.24) is 15.2 Å². The van der Waals surface area contributed by atoms with E-state index in [9.17, 15) is 26.5 Å². The number of benzene rings is 2. The zero-order valence-corrected chi connectivity index (χ0v) is 15.3. The molecule has 0 radical (unpaired) electrons. The first-order valence-electron chi connectivity index (χ1n) is 7.17. The molecule has 0 aliphatic carbocycles. The number of azo groups is 1. The van der Waals surface area contributed by atoms with Gasteiger partial charge in [-0.3, -0.25) is 9.65 Å². The summed E-state index contributed by atoms with van der Waals surface area (Å²) in [5, 5.41) is 22.4. The van der Waals surface area contributed by atoms with Gasteiger partial charge in [-0.2, -0.15) is 13.4 Å². The zero-order chi connectivity index (χ0) is 20.7. The van der Waals surface area contributed by atoms with Crippen molar-refractivity contribution in [2.45, 2.75) is 9.79 Å². The molecule has 12 nitrogen and oxygen atoms in total. The largest absolute Gasteiger partial charge is 0.475 e. The second-order valence-corrected chi connectivity index (χ2v) is 8.60. The fraction of sp³-hybridized carbons (Fsp3) is 0. The molecule has 0 saturated heterocycles. The van der Waals surface area contributed by atoms with Gasteiger partial charge < -0.3 is 9.66 Å². The van der Waals surface area contributed by atoms with Gasteiger partial charge in [0.05, 0.1) is 15.5 Å². The number of rotatable bonds is 5. The molecule has 2 aromatic carbocycles. The SMILES string of the molecule is C=S(=O)(O)c1cc(N=Nc2n[nH]c(C(=O)O)n2)c2cc(S(=O)(=O)O)ccc2c1. The van der Waals surface area contributed by atoms with Crippen LogP contribution in [0.25, 0.3) is 10.8 Å². The van der Waals surface area contributed by atoms with Crippen molar-refractivity contribution < 1.29 is 31.6 Å². The zero-order valence-electron chi connectivity index (χ0n) is 13.7. The molecule has 1 aromatic heterocycles. The molecule has 0 aliphatic heterocycles. The van der Waals surface area contributed by atoms with Gasteiger partial charge in [0.25, 0.3) is 16.1 Å². The molecule has 1 atom stereocenters. The van der Waals surface area contributed by atoms with Crippen LogP contribution in [0.1, 0.15) is 10.6 Å². The Morgan fingerprint density at radius 2 is 1.79 bits per heavy atom. The van der Waals surface area contributed by atoms with Crippen molar-refractivity contribution in [3.05, 3.63) is 36.2 Å². The number of hydrogen-bond acceptors (Lipinski definition) is 8. The van der Waals surface area contributed by atoms with Gasteiger partial charge in [0, 0.05) is 5.39 Å². The molecule has 0 saturated carbocycles. The number of aromatic amines is 1. The Morgan fingerprint density at radius 3 is 2.36 bits per heavy atom. The summed E-state index contributed by atoms with van der Waals surface area (Å²) in [7, 11) is -8.14. The number of carbonyl (C=O) groups is 1. The molecule has 1 unspecified atom stereocenters. The molecule has 14 heteroatoms. The molecule has 0 fully saturated rings. The van der Waals surface area contributed by atoms with Crippen molar-refractivity contribution in [1.29, 1.82) is 0 Å². The molecule has 3 rings (SSSR count). The molecule has 0 spiro atoms. The van der Waals surface area contributed by atoms with Crippen LogP contribution < -0.4 is 0 Å². The van der Waals surface area contributed by atoms with Crippen LogP contribution in [0.3, 0.4) is 0 Å². The van der Waals surface area contributed by atoms with Crippen molar-refractivity contribution in [3.8, 4) is 0 Å². The number of carboxylic acid groups (broad SMARTS) is 1. The van der Waals surface area contributed by atoms with Crippen LogP contribution in [0.2, 0.25) is 0 Å². The van der Waals surface area contributed by atoms with Gasteiger partial charge in [-0.25, -0.2) is 9.00 Å². The maximum absolute atomic E-state index is 11.9. The van der Waals surface area contributed by atoms with Gasteiger partial charge in [-0.1, -0.05) is 6.07 Å². The minimum Gasteiger partial charge on any atom is -0.475 e. The summed E-state index contributed by atoms with van der Waals surface area (Å²) in [6, 6.07) is 5.98. The average Bonchev–Trinajstić information content (AvgIpc) is 3.06. The topological polar surface area (TPSA) is 195 Å². The average molecular weight is 425 g/mol. The monoisotopic (exact) mass is 425 g/mol. The lowest BCUT2D eigenvalue weighted by Gasteiger charge is -2.08. The summed E-state index contributed by atoms with van der Waals surface area (Å²) in [5.74, 6) is 0.995. The predicted molar refractivity (Wildman–Crippen MR) is 97.4 cm³/mol. The lowest BCUT2D eigenvalue weighted by molar-refractivity contribution is 0.0684. The Bertz CT molecular complexity index is 1340. The van der Waals surface area contributed by atoms with E-state index in [4.69, 9.17) is 5.11 Å². The van der Waals surface area contributed by atoms with Crippen LogP contribution in [-0.4, -0.2) is 53.9 Å². The smallest absolute Gasteiger partial charge is 0.373 e. The highest BCUT2D eigenvalue weighted by molar-refractivity contribution is 7.95. The number of fused-ring (bicyclic) bond motifs is 1. The predicted octanol–water partition coefficient (Wildman–Crippen LogP) is 1.87. The van der Waals surface area contributed by atoms with Crippen LogP contribution in [0.4, 0.5) is 11.6 Å². The standard InChI is InChI=1S/C14H11N5O7S2/c1-27(22,23)9-4-7-2-3-8(28(24,25)26)5-10(7)11(6-9)16-18-14-15-12(13(20)21)17-19-14/h2-6H,1H2,(H,20,21)(H,22,23)(H,15,17,19)(H,24,25,26). The summed E-state index contributed by atoms with van der Waals surface area (Å²) in [6.45, 7) is 0. The third-order valence-corrected chi connectivity index (χ3v) is 5.29.